The average Bonchev–Trinajstić information content (AvgIpc) is 2.46. The first-order valence-corrected chi connectivity index (χ1v) is 7.46. The summed E-state index contributed by atoms with van der Waals surface area (Å²) in [5, 5.41) is 10.4. The van der Waals surface area contributed by atoms with Crippen LogP contribution in [0.3, 0.4) is 0 Å². The second kappa shape index (κ2) is 6.59. The maximum absolute atomic E-state index is 11.3. The zero-order valence-corrected chi connectivity index (χ0v) is 12.7. The number of carbonyl (C=O) groups is 1. The number of aliphatic hydroxyl groups is 1. The van der Waals surface area contributed by atoms with E-state index in [0.717, 1.165) is 24.3 Å². The van der Waals surface area contributed by atoms with Gasteiger partial charge >= 0.3 is 5.97 Å². The smallest absolute Gasteiger partial charge is 0.339 e. The molecule has 1 N–H and O–H groups in total. The minimum atomic E-state index is -1.27. The van der Waals surface area contributed by atoms with Gasteiger partial charge in [-0.25, -0.2) is 4.79 Å². The number of methoxy groups -OCH3 is 1. The molecule has 20 heavy (non-hydrogen) atoms. The van der Waals surface area contributed by atoms with Crippen LogP contribution in [0, 0.1) is 5.92 Å². The molecule has 1 aliphatic carbocycles. The van der Waals surface area contributed by atoms with E-state index < -0.39 is 12.1 Å². The molecule has 0 spiro atoms. The lowest BCUT2D eigenvalue weighted by molar-refractivity contribution is -0.150. The van der Waals surface area contributed by atoms with Gasteiger partial charge in [-0.15, -0.1) is 0 Å². The van der Waals surface area contributed by atoms with Crippen molar-refractivity contribution in [2.45, 2.75) is 44.6 Å². The maximum Gasteiger partial charge on any atom is 0.339 e. The molecule has 2 rings (SSSR count). The molecule has 1 unspecified atom stereocenters. The van der Waals surface area contributed by atoms with Crippen molar-refractivity contribution < 1.29 is 14.6 Å². The van der Waals surface area contributed by atoms with Crippen LogP contribution in [-0.2, 0) is 9.53 Å². The fourth-order valence-corrected chi connectivity index (χ4v) is 3.21. The molecule has 3 nitrogen and oxygen atoms in total. The number of ether oxygens (including phenoxy) is 1. The Morgan fingerprint density at radius 3 is 2.55 bits per heavy atom. The fraction of sp³-hybridized carbons (Fsp3) is 0.562. The average molecular weight is 297 g/mol. The molecule has 0 heterocycles. The molecule has 4 heteroatoms. The van der Waals surface area contributed by atoms with Crippen LogP contribution >= 0.6 is 11.6 Å². The normalized spacial score (nSPS) is 24.2. The van der Waals surface area contributed by atoms with Crippen molar-refractivity contribution in [3.63, 3.8) is 0 Å². The summed E-state index contributed by atoms with van der Waals surface area (Å²) in [6, 6.07) is 5.38. The van der Waals surface area contributed by atoms with Crippen molar-refractivity contribution >= 4 is 17.6 Å². The molecule has 0 aromatic heterocycles. The van der Waals surface area contributed by atoms with E-state index in [2.05, 4.69) is 11.7 Å². The van der Waals surface area contributed by atoms with Gasteiger partial charge in [0.1, 0.15) is 0 Å². The summed E-state index contributed by atoms with van der Waals surface area (Å²) >= 11 is 6.33. The van der Waals surface area contributed by atoms with Gasteiger partial charge in [0.05, 0.1) is 7.11 Å². The fourth-order valence-electron chi connectivity index (χ4n) is 2.86. The Hall–Kier alpha value is -1.06. The van der Waals surface area contributed by atoms with Gasteiger partial charge < -0.3 is 9.84 Å². The van der Waals surface area contributed by atoms with Crippen molar-refractivity contribution in [1.29, 1.82) is 0 Å². The first-order chi connectivity index (χ1) is 9.52. The molecule has 0 bridgehead atoms. The summed E-state index contributed by atoms with van der Waals surface area (Å²) in [6.45, 7) is 2.29. The second-order valence-electron chi connectivity index (χ2n) is 5.66. The molecule has 0 radical (unpaired) electrons. The predicted molar refractivity (Wildman–Crippen MR) is 78.8 cm³/mol. The topological polar surface area (TPSA) is 46.5 Å². The Morgan fingerprint density at radius 2 is 2.00 bits per heavy atom. The van der Waals surface area contributed by atoms with E-state index in [1.165, 1.54) is 20.0 Å². The second-order valence-corrected chi connectivity index (χ2v) is 6.07. The summed E-state index contributed by atoms with van der Waals surface area (Å²) in [7, 11) is 1.25. The summed E-state index contributed by atoms with van der Waals surface area (Å²) in [6.07, 6.45) is 3.50. The maximum atomic E-state index is 11.3. The lowest BCUT2D eigenvalue weighted by atomic mass is 9.79. The third-order valence-corrected chi connectivity index (χ3v) is 4.55. The van der Waals surface area contributed by atoms with Gasteiger partial charge in [-0.3, -0.25) is 0 Å². The molecule has 0 amide bonds. The van der Waals surface area contributed by atoms with Crippen LogP contribution in [0.2, 0.25) is 5.02 Å². The van der Waals surface area contributed by atoms with E-state index >= 15 is 0 Å². The molecule has 0 aliphatic heterocycles. The lowest BCUT2D eigenvalue weighted by Gasteiger charge is -2.27. The number of benzene rings is 1. The molecule has 1 atom stereocenters. The molecular formula is C16H21ClO3. The number of hydrogen-bond acceptors (Lipinski definition) is 3. The first-order valence-electron chi connectivity index (χ1n) is 7.08. The lowest BCUT2D eigenvalue weighted by Crippen LogP contribution is -2.14. The SMILES string of the molecule is COC(=O)C(O)c1ccc(C2CCC(C)CC2)c(Cl)c1. The van der Waals surface area contributed by atoms with Crippen LogP contribution in [-0.4, -0.2) is 18.2 Å². The van der Waals surface area contributed by atoms with Crippen molar-refractivity contribution in [2.24, 2.45) is 5.92 Å². The number of halogens is 1. The standard InChI is InChI=1S/C16H21ClO3/c1-10-3-5-11(6-4-10)13-8-7-12(9-14(13)17)15(18)16(19)20-2/h7-11,15,18H,3-6H2,1-2H3. The zero-order valence-electron chi connectivity index (χ0n) is 11.9. The minimum absolute atomic E-state index is 0.481. The van der Waals surface area contributed by atoms with Gasteiger partial charge in [0, 0.05) is 5.02 Å². The van der Waals surface area contributed by atoms with Gasteiger partial charge in [0.25, 0.3) is 0 Å². The van der Waals surface area contributed by atoms with E-state index in [4.69, 9.17) is 11.6 Å². The number of hydrogen-bond donors (Lipinski definition) is 1. The van der Waals surface area contributed by atoms with E-state index in [-0.39, 0.29) is 0 Å². The van der Waals surface area contributed by atoms with E-state index in [1.807, 2.05) is 6.07 Å². The van der Waals surface area contributed by atoms with Crippen molar-refractivity contribution in [3.05, 3.63) is 34.3 Å². The molecule has 1 aromatic rings. The number of rotatable bonds is 3. The monoisotopic (exact) mass is 296 g/mol. The van der Waals surface area contributed by atoms with Crippen LogP contribution in [0.5, 0.6) is 0 Å². The van der Waals surface area contributed by atoms with Crippen molar-refractivity contribution in [2.75, 3.05) is 7.11 Å². The molecule has 110 valence electrons. The number of aliphatic hydroxyl groups excluding tert-OH is 1. The molecule has 1 fully saturated rings. The summed E-state index contributed by atoms with van der Waals surface area (Å²) in [5.41, 5.74) is 1.61. The van der Waals surface area contributed by atoms with Gasteiger partial charge in [-0.2, -0.15) is 0 Å². The van der Waals surface area contributed by atoms with Crippen molar-refractivity contribution in [1.82, 2.24) is 0 Å². The van der Waals surface area contributed by atoms with Crippen LogP contribution in [0.1, 0.15) is 55.8 Å². The highest BCUT2D eigenvalue weighted by molar-refractivity contribution is 6.31. The third kappa shape index (κ3) is 3.33. The van der Waals surface area contributed by atoms with Gasteiger partial charge in [-0.1, -0.05) is 43.5 Å². The molecular weight excluding hydrogens is 276 g/mol. The van der Waals surface area contributed by atoms with Gasteiger partial charge in [-0.05, 0) is 41.9 Å². The summed E-state index contributed by atoms with van der Waals surface area (Å²) < 4.78 is 4.53. The predicted octanol–water partition coefficient (Wildman–Crippen LogP) is 3.84. The van der Waals surface area contributed by atoms with Crippen LogP contribution in [0.25, 0.3) is 0 Å². The number of carbonyl (C=O) groups excluding carboxylic acids is 1. The Morgan fingerprint density at radius 1 is 1.35 bits per heavy atom. The Balaban J connectivity index is 2.15. The Labute approximate surface area is 124 Å². The quantitative estimate of drug-likeness (QED) is 0.862. The highest BCUT2D eigenvalue weighted by Crippen LogP contribution is 2.39. The largest absolute Gasteiger partial charge is 0.467 e. The Kier molecular flexibility index (Phi) is 5.06. The van der Waals surface area contributed by atoms with Crippen LogP contribution in [0.15, 0.2) is 18.2 Å². The zero-order chi connectivity index (χ0) is 14.7. The molecule has 1 aliphatic rings. The molecule has 1 saturated carbocycles. The first kappa shape index (κ1) is 15.3. The van der Waals surface area contributed by atoms with E-state index in [1.54, 1.807) is 12.1 Å². The van der Waals surface area contributed by atoms with Crippen LogP contribution < -0.4 is 0 Å². The molecule has 0 saturated heterocycles. The van der Waals surface area contributed by atoms with Gasteiger partial charge in [0.2, 0.25) is 0 Å². The number of esters is 1. The van der Waals surface area contributed by atoms with E-state index in [0.29, 0.717) is 16.5 Å². The third-order valence-electron chi connectivity index (χ3n) is 4.22. The van der Waals surface area contributed by atoms with Crippen LogP contribution in [0.4, 0.5) is 0 Å². The highest BCUT2D eigenvalue weighted by atomic mass is 35.5. The summed E-state index contributed by atoms with van der Waals surface area (Å²) in [5.74, 6) is 0.619. The summed E-state index contributed by atoms with van der Waals surface area (Å²) in [4.78, 5) is 11.3. The molecule has 1 aromatic carbocycles. The highest BCUT2D eigenvalue weighted by Gasteiger charge is 2.23. The van der Waals surface area contributed by atoms with Gasteiger partial charge in [0.15, 0.2) is 6.10 Å². The Bertz CT molecular complexity index is 479. The van der Waals surface area contributed by atoms with Crippen molar-refractivity contribution in [3.8, 4) is 0 Å². The van der Waals surface area contributed by atoms with E-state index in [9.17, 15) is 9.90 Å². The minimum Gasteiger partial charge on any atom is -0.467 e.